The van der Waals surface area contributed by atoms with Crippen LogP contribution in [0.3, 0.4) is 0 Å². The number of aryl methyl sites for hydroxylation is 1. The van der Waals surface area contributed by atoms with Gasteiger partial charge in [-0.1, -0.05) is 19.3 Å². The van der Waals surface area contributed by atoms with Crippen LogP contribution in [-0.4, -0.2) is 11.8 Å². The maximum absolute atomic E-state index is 12.3. The lowest BCUT2D eigenvalue weighted by Crippen LogP contribution is -2.22. The van der Waals surface area contributed by atoms with Crippen molar-refractivity contribution in [1.82, 2.24) is 0 Å². The number of primary amides is 1. The highest BCUT2D eigenvalue weighted by molar-refractivity contribution is 7.17. The number of carbonyl (C=O) groups excluding carboxylic acids is 2. The molecule has 1 aromatic rings. The summed E-state index contributed by atoms with van der Waals surface area (Å²) >= 11 is 1.56. The number of carbonyl (C=O) groups is 2. The molecule has 1 fully saturated rings. The van der Waals surface area contributed by atoms with Crippen LogP contribution >= 0.6 is 11.3 Å². The molecule has 2 aliphatic carbocycles. The Labute approximate surface area is 129 Å². The Bertz CT molecular complexity index is 559. The molecule has 2 aliphatic rings. The van der Waals surface area contributed by atoms with Gasteiger partial charge in [-0.3, -0.25) is 9.59 Å². The standard InChI is InChI=1S/C16H22N2O2S/c17-14(19)13-11-8-2-1-3-9-12(11)21-16(13)18-15(20)10-6-4-5-7-10/h10H,1-9H2,(H2,17,19)(H,18,20). The van der Waals surface area contributed by atoms with Crippen molar-refractivity contribution in [3.05, 3.63) is 16.0 Å². The van der Waals surface area contributed by atoms with Crippen molar-refractivity contribution in [2.24, 2.45) is 11.7 Å². The van der Waals surface area contributed by atoms with Gasteiger partial charge in [0.1, 0.15) is 5.00 Å². The van der Waals surface area contributed by atoms with Crippen LogP contribution in [0.15, 0.2) is 0 Å². The Balaban J connectivity index is 1.87. The zero-order chi connectivity index (χ0) is 14.8. The van der Waals surface area contributed by atoms with Gasteiger partial charge in [0.05, 0.1) is 5.56 Å². The molecule has 3 N–H and O–H groups in total. The number of nitrogens with one attached hydrogen (secondary N) is 1. The molecule has 114 valence electrons. The van der Waals surface area contributed by atoms with E-state index in [1.807, 2.05) is 0 Å². The molecule has 1 heterocycles. The zero-order valence-corrected chi connectivity index (χ0v) is 13.1. The molecular weight excluding hydrogens is 284 g/mol. The fourth-order valence-corrected chi connectivity index (χ4v) is 4.79. The minimum absolute atomic E-state index is 0.0615. The molecule has 2 amide bonds. The number of nitrogens with two attached hydrogens (primary N) is 1. The van der Waals surface area contributed by atoms with E-state index in [2.05, 4.69) is 5.32 Å². The van der Waals surface area contributed by atoms with E-state index in [1.54, 1.807) is 11.3 Å². The number of thiophene rings is 1. The zero-order valence-electron chi connectivity index (χ0n) is 12.2. The monoisotopic (exact) mass is 306 g/mol. The summed E-state index contributed by atoms with van der Waals surface area (Å²) < 4.78 is 0. The number of rotatable bonds is 3. The van der Waals surface area contributed by atoms with Crippen LogP contribution < -0.4 is 11.1 Å². The normalized spacial score (nSPS) is 19.0. The number of fused-ring (bicyclic) bond motifs is 1. The Kier molecular flexibility index (Phi) is 4.29. The average Bonchev–Trinajstić information content (AvgIpc) is 3.02. The maximum atomic E-state index is 12.3. The second-order valence-electron chi connectivity index (χ2n) is 6.10. The Hall–Kier alpha value is -1.36. The van der Waals surface area contributed by atoms with Crippen LogP contribution in [-0.2, 0) is 17.6 Å². The summed E-state index contributed by atoms with van der Waals surface area (Å²) in [5, 5.41) is 3.68. The van der Waals surface area contributed by atoms with Gasteiger partial charge < -0.3 is 11.1 Å². The van der Waals surface area contributed by atoms with Crippen LogP contribution in [0.5, 0.6) is 0 Å². The molecule has 1 saturated carbocycles. The first kappa shape index (κ1) is 14.6. The molecule has 0 spiro atoms. The van der Waals surface area contributed by atoms with E-state index in [-0.39, 0.29) is 11.8 Å². The van der Waals surface area contributed by atoms with Crippen LogP contribution in [0.1, 0.15) is 65.7 Å². The van der Waals surface area contributed by atoms with Gasteiger partial charge in [0.25, 0.3) is 5.91 Å². The summed E-state index contributed by atoms with van der Waals surface area (Å²) in [4.78, 5) is 25.4. The van der Waals surface area contributed by atoms with Crippen LogP contribution in [0.4, 0.5) is 5.00 Å². The predicted octanol–water partition coefficient (Wildman–Crippen LogP) is 3.24. The molecule has 5 heteroatoms. The first-order valence-electron chi connectivity index (χ1n) is 7.92. The predicted molar refractivity (Wildman–Crippen MR) is 84.7 cm³/mol. The van der Waals surface area contributed by atoms with Gasteiger partial charge >= 0.3 is 0 Å². The second-order valence-corrected chi connectivity index (χ2v) is 7.21. The number of hydrogen-bond acceptors (Lipinski definition) is 3. The Morgan fingerprint density at radius 3 is 2.48 bits per heavy atom. The van der Waals surface area contributed by atoms with E-state index in [9.17, 15) is 9.59 Å². The molecule has 0 atom stereocenters. The van der Waals surface area contributed by atoms with Crippen molar-refractivity contribution in [3.63, 3.8) is 0 Å². The van der Waals surface area contributed by atoms with E-state index in [0.717, 1.165) is 56.9 Å². The largest absolute Gasteiger partial charge is 0.365 e. The molecule has 21 heavy (non-hydrogen) atoms. The number of hydrogen-bond donors (Lipinski definition) is 2. The van der Waals surface area contributed by atoms with E-state index in [0.29, 0.717) is 10.6 Å². The first-order chi connectivity index (χ1) is 10.2. The summed E-state index contributed by atoms with van der Waals surface area (Å²) in [5.74, 6) is -0.241. The van der Waals surface area contributed by atoms with Gasteiger partial charge in [0.15, 0.2) is 0 Å². The van der Waals surface area contributed by atoms with Crippen LogP contribution in [0.25, 0.3) is 0 Å². The molecular formula is C16H22N2O2S. The lowest BCUT2D eigenvalue weighted by Gasteiger charge is -2.10. The Morgan fingerprint density at radius 2 is 1.76 bits per heavy atom. The smallest absolute Gasteiger partial charge is 0.251 e. The fourth-order valence-electron chi connectivity index (χ4n) is 3.49. The molecule has 1 aromatic heterocycles. The first-order valence-corrected chi connectivity index (χ1v) is 8.73. The van der Waals surface area contributed by atoms with Crippen molar-refractivity contribution in [3.8, 4) is 0 Å². The van der Waals surface area contributed by atoms with Crippen molar-refractivity contribution >= 4 is 28.2 Å². The third kappa shape index (κ3) is 2.98. The summed E-state index contributed by atoms with van der Waals surface area (Å²) in [6.45, 7) is 0. The molecule has 3 rings (SSSR count). The highest BCUT2D eigenvalue weighted by Crippen LogP contribution is 2.38. The second kappa shape index (κ2) is 6.18. The summed E-state index contributed by atoms with van der Waals surface area (Å²) in [5.41, 5.74) is 7.24. The number of anilines is 1. The SMILES string of the molecule is NC(=O)c1c(NC(=O)C2CCCC2)sc2c1CCCCC2. The third-order valence-corrected chi connectivity index (χ3v) is 5.84. The maximum Gasteiger partial charge on any atom is 0.251 e. The van der Waals surface area contributed by atoms with Gasteiger partial charge in [0, 0.05) is 10.8 Å². The highest BCUT2D eigenvalue weighted by Gasteiger charge is 2.27. The third-order valence-electron chi connectivity index (χ3n) is 4.63. The van der Waals surface area contributed by atoms with Gasteiger partial charge in [-0.2, -0.15) is 0 Å². The molecule has 0 radical (unpaired) electrons. The molecule has 0 saturated heterocycles. The summed E-state index contributed by atoms with van der Waals surface area (Å²) in [6.07, 6.45) is 9.53. The van der Waals surface area contributed by atoms with Gasteiger partial charge in [0.2, 0.25) is 5.91 Å². The quantitative estimate of drug-likeness (QED) is 0.841. The van der Waals surface area contributed by atoms with Crippen molar-refractivity contribution < 1.29 is 9.59 Å². The fraction of sp³-hybridized carbons (Fsp3) is 0.625. The average molecular weight is 306 g/mol. The van der Waals surface area contributed by atoms with Crippen LogP contribution in [0, 0.1) is 5.92 Å². The minimum atomic E-state index is -0.406. The molecule has 0 aromatic carbocycles. The Morgan fingerprint density at radius 1 is 1.05 bits per heavy atom. The van der Waals surface area contributed by atoms with Crippen LogP contribution in [0.2, 0.25) is 0 Å². The number of amides is 2. The van der Waals surface area contributed by atoms with Crippen molar-refractivity contribution in [2.75, 3.05) is 5.32 Å². The van der Waals surface area contributed by atoms with E-state index in [1.165, 1.54) is 11.3 Å². The topological polar surface area (TPSA) is 72.2 Å². The molecule has 0 aliphatic heterocycles. The lowest BCUT2D eigenvalue weighted by molar-refractivity contribution is -0.119. The lowest BCUT2D eigenvalue weighted by atomic mass is 10.0. The molecule has 0 bridgehead atoms. The summed E-state index contributed by atoms with van der Waals surface area (Å²) in [7, 11) is 0. The molecule has 4 nitrogen and oxygen atoms in total. The van der Waals surface area contributed by atoms with Crippen molar-refractivity contribution in [2.45, 2.75) is 57.8 Å². The highest BCUT2D eigenvalue weighted by atomic mass is 32.1. The van der Waals surface area contributed by atoms with E-state index < -0.39 is 5.91 Å². The van der Waals surface area contributed by atoms with Gasteiger partial charge in [-0.05, 0) is 44.1 Å². The summed E-state index contributed by atoms with van der Waals surface area (Å²) in [6, 6.07) is 0. The van der Waals surface area contributed by atoms with Gasteiger partial charge in [-0.15, -0.1) is 11.3 Å². The van der Waals surface area contributed by atoms with Crippen molar-refractivity contribution in [1.29, 1.82) is 0 Å². The minimum Gasteiger partial charge on any atom is -0.365 e. The molecule has 0 unspecified atom stereocenters. The van der Waals surface area contributed by atoms with E-state index >= 15 is 0 Å². The van der Waals surface area contributed by atoms with Gasteiger partial charge in [-0.25, -0.2) is 0 Å². The van der Waals surface area contributed by atoms with E-state index in [4.69, 9.17) is 5.73 Å².